The fraction of sp³-hybridized carbons (Fsp3) is 0.818. The summed E-state index contributed by atoms with van der Waals surface area (Å²) >= 11 is 0. The number of unbranched alkanes of at least 4 members (excludes halogenated alkanes) is 3. The van der Waals surface area contributed by atoms with Gasteiger partial charge in [-0.3, -0.25) is 4.79 Å². The molecule has 0 saturated heterocycles. The maximum Gasteiger partial charge on any atom is 0.326 e. The van der Waals surface area contributed by atoms with Crippen molar-refractivity contribution in [1.29, 1.82) is 0 Å². The Bertz CT molecular complexity index is 216. The third-order valence-electron chi connectivity index (χ3n) is 2.58. The smallest absolute Gasteiger partial charge is 0.326 e. The molecule has 0 aliphatic heterocycles. The number of rotatable bonds is 7. The van der Waals surface area contributed by atoms with Gasteiger partial charge >= 0.3 is 5.97 Å². The van der Waals surface area contributed by atoms with Crippen LogP contribution in [0.4, 0.5) is 0 Å². The van der Waals surface area contributed by atoms with Crippen LogP contribution in [0.5, 0.6) is 0 Å². The minimum absolute atomic E-state index is 0.196. The number of carboxylic acids is 1. The van der Waals surface area contributed by atoms with Gasteiger partial charge in [-0.2, -0.15) is 0 Å². The minimum Gasteiger partial charge on any atom is -0.480 e. The highest BCUT2D eigenvalue weighted by Gasteiger charge is 2.23. The zero-order valence-corrected chi connectivity index (χ0v) is 9.82. The molecule has 1 atom stereocenters. The van der Waals surface area contributed by atoms with Crippen LogP contribution >= 0.6 is 0 Å². The van der Waals surface area contributed by atoms with Gasteiger partial charge in [0.2, 0.25) is 5.91 Å². The van der Waals surface area contributed by atoms with Gasteiger partial charge in [0.05, 0.1) is 0 Å². The summed E-state index contributed by atoms with van der Waals surface area (Å²) in [7, 11) is 1.54. The summed E-state index contributed by atoms with van der Waals surface area (Å²) in [6.07, 6.45) is 4.69. The van der Waals surface area contributed by atoms with Gasteiger partial charge in [-0.15, -0.1) is 0 Å². The molecular weight excluding hydrogens is 194 g/mol. The lowest BCUT2D eigenvalue weighted by Gasteiger charge is -2.23. The summed E-state index contributed by atoms with van der Waals surface area (Å²) in [6.45, 7) is 3.50. The molecule has 1 unspecified atom stereocenters. The molecule has 1 amide bonds. The van der Waals surface area contributed by atoms with Crippen molar-refractivity contribution in [3.05, 3.63) is 0 Å². The third-order valence-corrected chi connectivity index (χ3v) is 2.58. The number of carbonyl (C=O) groups excluding carboxylic acids is 1. The van der Waals surface area contributed by atoms with Crippen LogP contribution in [-0.4, -0.2) is 35.0 Å². The van der Waals surface area contributed by atoms with E-state index in [9.17, 15) is 9.59 Å². The second-order valence-corrected chi connectivity index (χ2v) is 3.83. The number of nitrogens with zero attached hydrogens (tertiary/aromatic N) is 1. The molecule has 0 heterocycles. The quantitative estimate of drug-likeness (QED) is 0.660. The first kappa shape index (κ1) is 13.9. The molecule has 0 aromatic carbocycles. The summed E-state index contributed by atoms with van der Waals surface area (Å²) in [5.41, 5.74) is 0. The molecule has 1 N–H and O–H groups in total. The van der Waals surface area contributed by atoms with Gasteiger partial charge in [0.25, 0.3) is 0 Å². The predicted molar refractivity (Wildman–Crippen MR) is 58.6 cm³/mol. The number of carboxylic acid groups (broad SMARTS) is 1. The Morgan fingerprint density at radius 1 is 1.27 bits per heavy atom. The number of carbonyl (C=O) groups is 2. The maximum absolute atomic E-state index is 11.0. The molecule has 0 saturated carbocycles. The van der Waals surface area contributed by atoms with Crippen LogP contribution in [0.25, 0.3) is 0 Å². The van der Waals surface area contributed by atoms with Gasteiger partial charge in [0.1, 0.15) is 6.04 Å². The van der Waals surface area contributed by atoms with E-state index in [2.05, 4.69) is 6.92 Å². The molecule has 0 aliphatic carbocycles. The second-order valence-electron chi connectivity index (χ2n) is 3.83. The molecule has 0 aromatic heterocycles. The van der Waals surface area contributed by atoms with E-state index >= 15 is 0 Å². The first-order valence-electron chi connectivity index (χ1n) is 5.46. The minimum atomic E-state index is -0.913. The van der Waals surface area contributed by atoms with E-state index < -0.39 is 12.0 Å². The molecule has 4 heteroatoms. The van der Waals surface area contributed by atoms with Crippen molar-refractivity contribution in [1.82, 2.24) is 4.90 Å². The van der Waals surface area contributed by atoms with E-state index in [1.165, 1.54) is 11.8 Å². The van der Waals surface area contributed by atoms with Crippen molar-refractivity contribution >= 4 is 11.9 Å². The second kappa shape index (κ2) is 7.26. The fourth-order valence-corrected chi connectivity index (χ4v) is 1.47. The Morgan fingerprint density at radius 2 is 1.87 bits per heavy atom. The lowest BCUT2D eigenvalue weighted by atomic mass is 10.1. The van der Waals surface area contributed by atoms with E-state index in [0.717, 1.165) is 25.7 Å². The lowest BCUT2D eigenvalue weighted by molar-refractivity contribution is -0.148. The van der Waals surface area contributed by atoms with Gasteiger partial charge in [0.15, 0.2) is 0 Å². The largest absolute Gasteiger partial charge is 0.480 e. The molecule has 0 rings (SSSR count). The van der Waals surface area contributed by atoms with Gasteiger partial charge in [-0.05, 0) is 6.42 Å². The summed E-state index contributed by atoms with van der Waals surface area (Å²) in [4.78, 5) is 23.3. The molecule has 0 fully saturated rings. The Morgan fingerprint density at radius 3 is 2.27 bits per heavy atom. The Hall–Kier alpha value is -1.06. The average Bonchev–Trinajstić information content (AvgIpc) is 2.16. The normalized spacial score (nSPS) is 12.2. The molecule has 0 radical (unpaired) electrons. The van der Waals surface area contributed by atoms with Gasteiger partial charge in [-0.25, -0.2) is 4.79 Å². The summed E-state index contributed by atoms with van der Waals surface area (Å²) in [5, 5.41) is 8.96. The lowest BCUT2D eigenvalue weighted by Crippen LogP contribution is -2.41. The average molecular weight is 215 g/mol. The van der Waals surface area contributed by atoms with Gasteiger partial charge in [0, 0.05) is 14.0 Å². The zero-order valence-electron chi connectivity index (χ0n) is 9.82. The van der Waals surface area contributed by atoms with Gasteiger partial charge < -0.3 is 10.0 Å². The van der Waals surface area contributed by atoms with Crippen LogP contribution in [0.15, 0.2) is 0 Å². The molecular formula is C11H21NO3. The highest BCUT2D eigenvalue weighted by Crippen LogP contribution is 2.10. The van der Waals surface area contributed by atoms with Crippen LogP contribution in [-0.2, 0) is 9.59 Å². The Kier molecular flexibility index (Phi) is 6.75. The predicted octanol–water partition coefficient (Wildman–Crippen LogP) is 1.89. The van der Waals surface area contributed by atoms with E-state index in [-0.39, 0.29) is 5.91 Å². The number of aliphatic carboxylic acids is 1. The van der Waals surface area contributed by atoms with Crippen LogP contribution < -0.4 is 0 Å². The van der Waals surface area contributed by atoms with Crippen molar-refractivity contribution in [3.8, 4) is 0 Å². The van der Waals surface area contributed by atoms with E-state index in [4.69, 9.17) is 5.11 Å². The fourth-order valence-electron chi connectivity index (χ4n) is 1.47. The maximum atomic E-state index is 11.0. The monoisotopic (exact) mass is 215 g/mol. The van der Waals surface area contributed by atoms with Crippen LogP contribution in [0, 0.1) is 0 Å². The molecule has 0 aliphatic rings. The van der Waals surface area contributed by atoms with Crippen LogP contribution in [0.2, 0.25) is 0 Å². The Balaban J connectivity index is 4.05. The SMILES string of the molecule is CCCCCCC(C(=O)O)N(C)C(C)=O. The van der Waals surface area contributed by atoms with E-state index in [1.54, 1.807) is 7.05 Å². The van der Waals surface area contributed by atoms with Crippen LogP contribution in [0.3, 0.4) is 0 Å². The molecule has 0 bridgehead atoms. The van der Waals surface area contributed by atoms with Crippen molar-refractivity contribution in [2.45, 2.75) is 52.0 Å². The first-order chi connectivity index (χ1) is 7.00. The standard InChI is InChI=1S/C11H21NO3/c1-4-5-6-7-8-10(11(14)15)12(3)9(2)13/h10H,4-8H2,1-3H3,(H,14,15). The van der Waals surface area contributed by atoms with E-state index in [1.807, 2.05) is 0 Å². The summed E-state index contributed by atoms with van der Waals surface area (Å²) < 4.78 is 0. The zero-order chi connectivity index (χ0) is 11.8. The molecule has 15 heavy (non-hydrogen) atoms. The van der Waals surface area contributed by atoms with Crippen molar-refractivity contribution in [3.63, 3.8) is 0 Å². The number of amides is 1. The summed E-state index contributed by atoms with van der Waals surface area (Å²) in [6, 6.07) is -0.667. The van der Waals surface area contributed by atoms with Crippen molar-refractivity contribution < 1.29 is 14.7 Å². The van der Waals surface area contributed by atoms with Gasteiger partial charge in [-0.1, -0.05) is 32.6 Å². The van der Waals surface area contributed by atoms with E-state index in [0.29, 0.717) is 6.42 Å². The summed E-state index contributed by atoms with van der Waals surface area (Å²) in [5.74, 6) is -1.11. The van der Waals surface area contributed by atoms with Crippen molar-refractivity contribution in [2.24, 2.45) is 0 Å². The number of likely N-dealkylation sites (N-methyl/N-ethyl adjacent to an activating group) is 1. The molecule has 4 nitrogen and oxygen atoms in total. The Labute approximate surface area is 91.3 Å². The molecule has 0 spiro atoms. The number of hydrogen-bond acceptors (Lipinski definition) is 2. The topological polar surface area (TPSA) is 57.6 Å². The number of hydrogen-bond donors (Lipinski definition) is 1. The molecule has 88 valence electrons. The van der Waals surface area contributed by atoms with Crippen LogP contribution in [0.1, 0.15) is 46.0 Å². The first-order valence-corrected chi connectivity index (χ1v) is 5.46. The van der Waals surface area contributed by atoms with Crippen molar-refractivity contribution in [2.75, 3.05) is 7.05 Å². The highest BCUT2D eigenvalue weighted by atomic mass is 16.4. The molecule has 0 aromatic rings. The highest BCUT2D eigenvalue weighted by molar-refractivity contribution is 5.81. The third kappa shape index (κ3) is 5.40.